The third-order valence-electron chi connectivity index (χ3n) is 6.50. The molecule has 3 aliphatic heterocycles. The molecule has 0 saturated heterocycles. The first-order valence-electron chi connectivity index (χ1n) is 10.3. The number of pyridine rings is 2. The van der Waals surface area contributed by atoms with Gasteiger partial charge in [0.05, 0.1) is 42.0 Å². The molecular formula is C23H20N2O6. The van der Waals surface area contributed by atoms with Crippen LogP contribution >= 0.6 is 0 Å². The number of nitrogens with zero attached hydrogens (tertiary/aromatic N) is 2. The van der Waals surface area contributed by atoms with E-state index in [2.05, 4.69) is 0 Å². The number of hydrogen-bond donors (Lipinski definition) is 1. The van der Waals surface area contributed by atoms with Crippen LogP contribution in [0.3, 0.4) is 0 Å². The smallest absolute Gasteiger partial charge is 0.309 e. The van der Waals surface area contributed by atoms with Crippen LogP contribution in [0.4, 0.5) is 0 Å². The number of cyclic esters (lactones) is 1. The minimum atomic E-state index is -1.44. The van der Waals surface area contributed by atoms with Gasteiger partial charge in [-0.15, -0.1) is 0 Å². The van der Waals surface area contributed by atoms with Crippen molar-refractivity contribution in [3.63, 3.8) is 0 Å². The van der Waals surface area contributed by atoms with Gasteiger partial charge in [0.2, 0.25) is 0 Å². The molecule has 1 unspecified atom stereocenters. The van der Waals surface area contributed by atoms with Crippen molar-refractivity contribution in [2.75, 3.05) is 6.79 Å². The van der Waals surface area contributed by atoms with Gasteiger partial charge in [0.1, 0.15) is 18.0 Å². The van der Waals surface area contributed by atoms with Gasteiger partial charge in [0.15, 0.2) is 6.79 Å². The number of aliphatic hydroxyl groups is 1. The van der Waals surface area contributed by atoms with Gasteiger partial charge >= 0.3 is 5.97 Å². The summed E-state index contributed by atoms with van der Waals surface area (Å²) in [4.78, 5) is 30.2. The molecule has 1 N–H and O–H groups in total. The molecule has 0 radical (unpaired) electrons. The topological polar surface area (TPSA) is 99.9 Å². The highest BCUT2D eigenvalue weighted by molar-refractivity contribution is 5.86. The molecule has 0 spiro atoms. The highest BCUT2D eigenvalue weighted by atomic mass is 16.7. The maximum atomic E-state index is 13.3. The lowest BCUT2D eigenvalue weighted by Gasteiger charge is -2.26. The second kappa shape index (κ2) is 6.38. The van der Waals surface area contributed by atoms with Crippen LogP contribution in [0.1, 0.15) is 42.0 Å². The number of esters is 1. The zero-order valence-electron chi connectivity index (χ0n) is 16.9. The molecule has 0 saturated carbocycles. The molecule has 5 heterocycles. The van der Waals surface area contributed by atoms with Crippen molar-refractivity contribution in [1.82, 2.24) is 9.55 Å². The molecule has 31 heavy (non-hydrogen) atoms. The molecule has 2 aromatic heterocycles. The Morgan fingerprint density at radius 3 is 2.84 bits per heavy atom. The summed E-state index contributed by atoms with van der Waals surface area (Å²) in [6.07, 6.45) is 0.117. The van der Waals surface area contributed by atoms with Crippen LogP contribution in [-0.2, 0) is 39.6 Å². The largest absolute Gasteiger partial charge is 0.467 e. The number of fused-ring (bicyclic) bond motifs is 6. The zero-order valence-corrected chi connectivity index (χ0v) is 16.9. The van der Waals surface area contributed by atoms with Crippen LogP contribution in [0.2, 0.25) is 0 Å². The van der Waals surface area contributed by atoms with Crippen molar-refractivity contribution in [1.29, 1.82) is 0 Å². The van der Waals surface area contributed by atoms with E-state index in [1.54, 1.807) is 17.6 Å². The number of ether oxygens (including phenoxy) is 3. The van der Waals surface area contributed by atoms with E-state index in [1.165, 1.54) is 0 Å². The van der Waals surface area contributed by atoms with E-state index in [9.17, 15) is 14.7 Å². The van der Waals surface area contributed by atoms with Gasteiger partial charge in [0, 0.05) is 16.5 Å². The monoisotopic (exact) mass is 420 g/mol. The van der Waals surface area contributed by atoms with Crippen LogP contribution in [0, 0.1) is 0 Å². The van der Waals surface area contributed by atoms with E-state index in [1.807, 2.05) is 18.2 Å². The summed E-state index contributed by atoms with van der Waals surface area (Å²) in [6.45, 7) is 2.73. The molecule has 8 nitrogen and oxygen atoms in total. The van der Waals surface area contributed by atoms with Gasteiger partial charge in [-0.05, 0) is 36.2 Å². The number of benzene rings is 1. The van der Waals surface area contributed by atoms with Crippen LogP contribution in [0.5, 0.6) is 5.75 Å². The maximum absolute atomic E-state index is 13.3. The maximum Gasteiger partial charge on any atom is 0.309 e. The van der Waals surface area contributed by atoms with E-state index in [0.29, 0.717) is 42.1 Å². The summed E-state index contributed by atoms with van der Waals surface area (Å²) < 4.78 is 17.8. The molecule has 0 fully saturated rings. The predicted molar refractivity (Wildman–Crippen MR) is 109 cm³/mol. The molecule has 0 aliphatic carbocycles. The Labute approximate surface area is 177 Å². The Balaban J connectivity index is 1.57. The first kappa shape index (κ1) is 18.5. The summed E-state index contributed by atoms with van der Waals surface area (Å²) >= 11 is 0. The number of aromatic nitrogens is 2. The summed E-state index contributed by atoms with van der Waals surface area (Å²) in [6, 6.07) is 7.73. The lowest BCUT2D eigenvalue weighted by Crippen LogP contribution is -2.32. The lowest BCUT2D eigenvalue weighted by molar-refractivity contribution is -0.149. The van der Waals surface area contributed by atoms with Crippen molar-refractivity contribution in [2.45, 2.75) is 45.1 Å². The summed E-state index contributed by atoms with van der Waals surface area (Å²) in [5, 5.41) is 12.1. The minimum absolute atomic E-state index is 0.134. The molecule has 6 rings (SSSR count). The molecule has 3 aliphatic rings. The van der Waals surface area contributed by atoms with Crippen LogP contribution in [0.15, 0.2) is 29.1 Å². The van der Waals surface area contributed by atoms with E-state index >= 15 is 0 Å². The lowest BCUT2D eigenvalue weighted by atomic mass is 9.85. The number of carbonyl (C=O) groups is 1. The third-order valence-corrected chi connectivity index (χ3v) is 6.50. The molecule has 1 aromatic carbocycles. The Morgan fingerprint density at radius 1 is 1.13 bits per heavy atom. The average Bonchev–Trinajstić information content (AvgIpc) is 3.06. The highest BCUT2D eigenvalue weighted by Gasteiger charge is 2.39. The second-order valence-electron chi connectivity index (χ2n) is 8.30. The second-order valence-corrected chi connectivity index (χ2v) is 8.30. The van der Waals surface area contributed by atoms with Crippen molar-refractivity contribution in [3.05, 3.63) is 56.9 Å². The van der Waals surface area contributed by atoms with Crippen molar-refractivity contribution < 1.29 is 24.1 Å². The van der Waals surface area contributed by atoms with Gasteiger partial charge in [0.25, 0.3) is 5.56 Å². The van der Waals surface area contributed by atoms with Gasteiger partial charge in [-0.2, -0.15) is 0 Å². The Morgan fingerprint density at radius 2 is 2.00 bits per heavy atom. The third kappa shape index (κ3) is 2.65. The summed E-state index contributed by atoms with van der Waals surface area (Å²) in [5.41, 5.74) is 3.08. The van der Waals surface area contributed by atoms with Crippen molar-refractivity contribution >= 4 is 16.9 Å². The summed E-state index contributed by atoms with van der Waals surface area (Å²) in [5.74, 6) is 0.276. The fourth-order valence-corrected chi connectivity index (χ4v) is 4.75. The molecular weight excluding hydrogens is 400 g/mol. The van der Waals surface area contributed by atoms with Crippen LogP contribution in [-0.4, -0.2) is 27.4 Å². The quantitative estimate of drug-likeness (QED) is 0.472. The Kier molecular flexibility index (Phi) is 3.82. The predicted octanol–water partition coefficient (Wildman–Crippen LogP) is 2.34. The average molecular weight is 420 g/mol. The molecule has 158 valence electrons. The van der Waals surface area contributed by atoms with E-state index in [4.69, 9.17) is 19.2 Å². The van der Waals surface area contributed by atoms with Crippen molar-refractivity contribution in [3.8, 4) is 17.1 Å². The Bertz CT molecular complexity index is 1340. The van der Waals surface area contributed by atoms with E-state index < -0.39 is 11.6 Å². The fourth-order valence-electron chi connectivity index (χ4n) is 4.75. The minimum Gasteiger partial charge on any atom is -0.467 e. The van der Waals surface area contributed by atoms with Crippen LogP contribution < -0.4 is 10.3 Å². The van der Waals surface area contributed by atoms with Gasteiger partial charge in [-0.3, -0.25) is 9.59 Å². The number of rotatable bonds is 1. The first-order chi connectivity index (χ1) is 15.0. The molecule has 1 atom stereocenters. The fraction of sp³-hybridized carbons (Fsp3) is 0.348. The number of carbonyl (C=O) groups excluding carboxylic acids is 1. The SMILES string of the molecule is CCC1(O)CC(=O)OCc2c1cc1n(c2=O)Cc2cc3cc4c(cc3nc2-1)COCO4. The zero-order chi connectivity index (χ0) is 21.3. The van der Waals surface area contributed by atoms with E-state index in [-0.39, 0.29) is 25.4 Å². The van der Waals surface area contributed by atoms with E-state index in [0.717, 1.165) is 27.8 Å². The van der Waals surface area contributed by atoms with Crippen molar-refractivity contribution in [2.24, 2.45) is 0 Å². The highest BCUT2D eigenvalue weighted by Crippen LogP contribution is 2.39. The molecule has 8 heteroatoms. The van der Waals surface area contributed by atoms with Crippen LogP contribution in [0.25, 0.3) is 22.3 Å². The molecule has 3 aromatic rings. The standard InChI is InChI=1S/C23H20N2O6/c1-2-23(28)7-20(26)30-10-15-16(23)6-18-21-13(8-25(18)22(15)27)3-12-5-19-14(4-17(12)24-21)9-29-11-31-19/h3-6,28H,2,7-11H2,1H3. The molecule has 0 bridgehead atoms. The Hall–Kier alpha value is -3.23. The normalized spacial score (nSPS) is 21.4. The van der Waals surface area contributed by atoms with Gasteiger partial charge in [-0.1, -0.05) is 6.92 Å². The van der Waals surface area contributed by atoms with Gasteiger partial charge < -0.3 is 23.9 Å². The number of hydrogen-bond acceptors (Lipinski definition) is 7. The summed E-state index contributed by atoms with van der Waals surface area (Å²) in [7, 11) is 0. The van der Waals surface area contributed by atoms with Gasteiger partial charge in [-0.25, -0.2) is 4.98 Å². The first-order valence-corrected chi connectivity index (χ1v) is 10.3. The molecule has 0 amide bonds.